The monoisotopic (exact) mass is 540 g/mol. The van der Waals surface area contributed by atoms with Gasteiger partial charge in [0.15, 0.2) is 0 Å². The molecule has 4 heterocycles. The van der Waals surface area contributed by atoms with E-state index in [0.29, 0.717) is 68.4 Å². The fourth-order valence-corrected chi connectivity index (χ4v) is 5.39. The summed E-state index contributed by atoms with van der Waals surface area (Å²) in [6, 6.07) is 2.79. The first-order valence-corrected chi connectivity index (χ1v) is 13.0. The lowest BCUT2D eigenvalue weighted by atomic mass is 10.0. The minimum atomic E-state index is -1.33. The Morgan fingerprint density at radius 3 is 2.56 bits per heavy atom. The molecule has 3 aromatic rings. The van der Waals surface area contributed by atoms with Gasteiger partial charge in [-0.2, -0.15) is 0 Å². The Morgan fingerprint density at radius 1 is 1.21 bits per heavy atom. The largest absolute Gasteiger partial charge is 0.477 e. The third-order valence-corrected chi connectivity index (χ3v) is 7.49. The van der Waals surface area contributed by atoms with Crippen LogP contribution >= 0.6 is 0 Å². The van der Waals surface area contributed by atoms with Crippen molar-refractivity contribution in [2.24, 2.45) is 0 Å². The molecule has 39 heavy (non-hydrogen) atoms. The number of piperazine rings is 1. The lowest BCUT2D eigenvalue weighted by molar-refractivity contribution is -0.181. The van der Waals surface area contributed by atoms with Gasteiger partial charge in [0.25, 0.3) is 0 Å². The predicted octanol–water partition coefficient (Wildman–Crippen LogP) is 3.02. The first-order chi connectivity index (χ1) is 18.5. The first kappa shape index (κ1) is 27.0. The van der Waals surface area contributed by atoms with Crippen molar-refractivity contribution in [1.29, 1.82) is 0 Å². The molecule has 2 N–H and O–H groups in total. The van der Waals surface area contributed by atoms with Crippen LogP contribution < -0.4 is 15.1 Å². The first-order valence-electron chi connectivity index (χ1n) is 13.0. The Balaban J connectivity index is 1.37. The van der Waals surface area contributed by atoms with Crippen LogP contribution in [0.3, 0.4) is 0 Å². The molecule has 1 fully saturated rings. The molecule has 5 rings (SSSR count). The number of hydrogen-bond donors (Lipinski definition) is 2. The second kappa shape index (κ2) is 10.2. The fraction of sp³-hybridized carbons (Fsp3) is 0.464. The molecule has 11 heteroatoms. The Kier molecular flexibility index (Phi) is 7.08. The molecular formula is C28H33FN4O6. The molecule has 0 unspecified atom stereocenters. The van der Waals surface area contributed by atoms with Gasteiger partial charge < -0.3 is 29.2 Å². The Morgan fingerprint density at radius 2 is 1.92 bits per heavy atom. The summed E-state index contributed by atoms with van der Waals surface area (Å²) in [6.07, 6.45) is 1.32. The van der Waals surface area contributed by atoms with Crippen LogP contribution in [0.5, 0.6) is 5.75 Å². The highest BCUT2D eigenvalue weighted by atomic mass is 19.1. The summed E-state index contributed by atoms with van der Waals surface area (Å²) in [5, 5.41) is 19.6. The van der Waals surface area contributed by atoms with E-state index in [4.69, 9.17) is 14.5 Å². The highest BCUT2D eigenvalue weighted by Gasteiger charge is 2.32. The summed E-state index contributed by atoms with van der Waals surface area (Å²) < 4.78 is 28.7. The van der Waals surface area contributed by atoms with Gasteiger partial charge in [-0.3, -0.25) is 14.7 Å². The number of anilines is 1. The molecule has 0 aliphatic carbocycles. The minimum Gasteiger partial charge on any atom is -0.477 e. The molecule has 208 valence electrons. The maximum Gasteiger partial charge on any atom is 0.341 e. The van der Waals surface area contributed by atoms with Crippen LogP contribution in [0.2, 0.25) is 0 Å². The van der Waals surface area contributed by atoms with E-state index in [-0.39, 0.29) is 17.6 Å². The van der Waals surface area contributed by atoms with Gasteiger partial charge in [0.1, 0.15) is 17.1 Å². The van der Waals surface area contributed by atoms with E-state index in [0.717, 1.165) is 23.0 Å². The highest BCUT2D eigenvalue weighted by molar-refractivity contribution is 5.93. The van der Waals surface area contributed by atoms with Crippen LogP contribution in [0.4, 0.5) is 10.1 Å². The van der Waals surface area contributed by atoms with Crippen LogP contribution in [0.25, 0.3) is 10.9 Å². The summed E-state index contributed by atoms with van der Waals surface area (Å²) in [7, 11) is 0. The van der Waals surface area contributed by atoms with E-state index in [1.807, 2.05) is 32.6 Å². The Bertz CT molecular complexity index is 1510. The van der Waals surface area contributed by atoms with Gasteiger partial charge in [0.05, 0.1) is 35.8 Å². The second-order valence-electron chi connectivity index (χ2n) is 10.4. The van der Waals surface area contributed by atoms with E-state index < -0.39 is 23.0 Å². The number of aromatic carboxylic acids is 1. The maximum atomic E-state index is 15.2. The van der Waals surface area contributed by atoms with Crippen molar-refractivity contribution >= 4 is 22.6 Å². The molecular weight excluding hydrogens is 507 g/mol. The quantitative estimate of drug-likeness (QED) is 0.487. The molecule has 1 aromatic carbocycles. The second-order valence-corrected chi connectivity index (χ2v) is 10.4. The summed E-state index contributed by atoms with van der Waals surface area (Å²) in [5.41, 5.74) is 2.87. The van der Waals surface area contributed by atoms with E-state index >= 15 is 4.39 Å². The zero-order chi connectivity index (χ0) is 28.1. The number of carbonyl (C=O) groups is 1. The van der Waals surface area contributed by atoms with Crippen molar-refractivity contribution in [2.75, 3.05) is 31.1 Å². The van der Waals surface area contributed by atoms with Crippen molar-refractivity contribution in [3.63, 3.8) is 0 Å². The summed E-state index contributed by atoms with van der Waals surface area (Å²) >= 11 is 0. The average molecular weight is 541 g/mol. The molecule has 2 aliphatic rings. The van der Waals surface area contributed by atoms with Crippen molar-refractivity contribution in [3.05, 3.63) is 62.4 Å². The normalized spacial score (nSPS) is 17.2. The fourth-order valence-electron chi connectivity index (χ4n) is 5.39. The van der Waals surface area contributed by atoms with Gasteiger partial charge in [-0.15, -0.1) is 0 Å². The van der Waals surface area contributed by atoms with Gasteiger partial charge in [-0.25, -0.2) is 9.18 Å². The molecule has 1 saturated heterocycles. The van der Waals surface area contributed by atoms with E-state index in [2.05, 4.69) is 4.90 Å². The number of halogens is 1. The summed E-state index contributed by atoms with van der Waals surface area (Å²) in [4.78, 5) is 33.1. The van der Waals surface area contributed by atoms with E-state index in [1.54, 1.807) is 10.6 Å². The molecule has 0 spiro atoms. The minimum absolute atomic E-state index is 0.0540. The Hall–Kier alpha value is -3.54. The SMILES string of the molecule is CCn1cc(C(=O)O)c(=O)c2cc(F)c(N3CCN(Cc4nc(C)c5c(c4CO)COC(C)(C)O5)CC3)cc21. The van der Waals surface area contributed by atoms with Crippen molar-refractivity contribution in [1.82, 2.24) is 14.5 Å². The molecule has 2 aromatic heterocycles. The number of ether oxygens (including phenoxy) is 2. The number of carboxylic acid groups (broad SMARTS) is 1. The number of aromatic nitrogens is 2. The smallest absolute Gasteiger partial charge is 0.341 e. The summed E-state index contributed by atoms with van der Waals surface area (Å²) in [6.45, 7) is 10.9. The molecule has 0 amide bonds. The predicted molar refractivity (Wildman–Crippen MR) is 143 cm³/mol. The lowest BCUT2D eigenvalue weighted by Gasteiger charge is -2.37. The van der Waals surface area contributed by atoms with Crippen LogP contribution in [0, 0.1) is 12.7 Å². The standard InChI is InChI=1S/C28H33FN4O6/c1-5-32-12-18(27(36)37)25(35)17-10-21(29)24(11-23(17)32)33-8-6-31(7-9-33)13-22-19(14-34)20-15-38-28(3,4)39-26(20)16(2)30-22/h10-12,34H,5-9,13-15H2,1-4H3,(H,36,37). The molecule has 0 saturated carbocycles. The van der Waals surface area contributed by atoms with Gasteiger partial charge >= 0.3 is 5.97 Å². The third-order valence-electron chi connectivity index (χ3n) is 7.49. The Labute approximate surface area is 225 Å². The average Bonchev–Trinajstić information content (AvgIpc) is 2.89. The number of aliphatic hydroxyl groups excluding tert-OH is 1. The highest BCUT2D eigenvalue weighted by Crippen LogP contribution is 2.37. The number of aliphatic hydroxyl groups is 1. The number of pyridine rings is 2. The van der Waals surface area contributed by atoms with Gasteiger partial charge in [-0.05, 0) is 26.0 Å². The zero-order valence-electron chi connectivity index (χ0n) is 22.6. The topological polar surface area (TPSA) is 117 Å². The maximum absolute atomic E-state index is 15.2. The molecule has 2 aliphatic heterocycles. The van der Waals surface area contributed by atoms with Crippen LogP contribution in [-0.4, -0.2) is 62.6 Å². The number of hydrogen-bond acceptors (Lipinski definition) is 8. The van der Waals surface area contributed by atoms with E-state index in [9.17, 15) is 19.8 Å². The lowest BCUT2D eigenvalue weighted by Crippen LogP contribution is -2.46. The zero-order valence-corrected chi connectivity index (χ0v) is 22.6. The van der Waals surface area contributed by atoms with Crippen molar-refractivity contribution < 1.29 is 28.9 Å². The number of rotatable bonds is 6. The molecule has 10 nitrogen and oxygen atoms in total. The number of carboxylic acids is 1. The van der Waals surface area contributed by atoms with Crippen molar-refractivity contribution in [3.8, 4) is 5.75 Å². The van der Waals surface area contributed by atoms with Crippen LogP contribution in [0.15, 0.2) is 23.1 Å². The van der Waals surface area contributed by atoms with Gasteiger partial charge in [-0.1, -0.05) is 0 Å². The van der Waals surface area contributed by atoms with E-state index in [1.165, 1.54) is 6.20 Å². The number of benzene rings is 1. The number of fused-ring (bicyclic) bond motifs is 2. The van der Waals surface area contributed by atoms with Gasteiger partial charge in [0, 0.05) is 75.8 Å². The number of aryl methyl sites for hydroxylation is 2. The molecule has 0 bridgehead atoms. The number of nitrogens with zero attached hydrogens (tertiary/aromatic N) is 4. The summed E-state index contributed by atoms with van der Waals surface area (Å²) in [5.74, 6) is -1.99. The van der Waals surface area contributed by atoms with Crippen LogP contribution in [0.1, 0.15) is 53.6 Å². The molecule has 0 radical (unpaired) electrons. The molecule has 0 atom stereocenters. The van der Waals surface area contributed by atoms with Crippen molar-refractivity contribution in [2.45, 2.75) is 59.8 Å². The van der Waals surface area contributed by atoms with Crippen LogP contribution in [-0.2, 0) is 31.0 Å². The van der Waals surface area contributed by atoms with Gasteiger partial charge in [0.2, 0.25) is 11.2 Å². The third kappa shape index (κ3) is 4.97.